The number of hydrogen-bond donors (Lipinski definition) is 1. The van der Waals surface area contributed by atoms with E-state index in [9.17, 15) is 9.90 Å². The number of carbonyl (C=O) groups excluding carboxylic acids is 1. The van der Waals surface area contributed by atoms with Gasteiger partial charge < -0.3 is 14.7 Å². The van der Waals surface area contributed by atoms with E-state index in [0.29, 0.717) is 0 Å². The highest BCUT2D eigenvalue weighted by atomic mass is 16.6. The summed E-state index contributed by atoms with van der Waals surface area (Å²) in [5, 5.41) is 9.39. The molecule has 1 heterocycles. The van der Waals surface area contributed by atoms with Crippen LogP contribution in [0.1, 0.15) is 20.8 Å². The Labute approximate surface area is 83.8 Å². The van der Waals surface area contributed by atoms with Crippen molar-refractivity contribution >= 4 is 6.09 Å². The summed E-state index contributed by atoms with van der Waals surface area (Å²) in [6.07, 6.45) is 6.33. The zero-order valence-corrected chi connectivity index (χ0v) is 8.63. The lowest BCUT2D eigenvalue weighted by atomic mass is 9.96. The van der Waals surface area contributed by atoms with Crippen molar-refractivity contribution in [3.63, 3.8) is 0 Å². The average molecular weight is 196 g/mol. The number of hydrogen-bond acceptors (Lipinski definition) is 3. The molecule has 4 heteroatoms. The van der Waals surface area contributed by atoms with E-state index in [1.807, 2.05) is 5.92 Å². The molecule has 1 aliphatic heterocycles. The Balaban J connectivity index is 2.42. The van der Waals surface area contributed by atoms with Crippen LogP contribution in [-0.2, 0) is 4.74 Å². The van der Waals surface area contributed by atoms with Gasteiger partial charge in [0.25, 0.3) is 0 Å². The van der Waals surface area contributed by atoms with Gasteiger partial charge in [-0.15, -0.1) is 0 Å². The highest BCUT2D eigenvalue weighted by Gasteiger charge is 2.43. The third-order valence-electron chi connectivity index (χ3n) is 1.79. The van der Waals surface area contributed by atoms with Crippen LogP contribution in [0.25, 0.3) is 0 Å². The lowest BCUT2D eigenvalue weighted by Crippen LogP contribution is -2.63. The van der Waals surface area contributed by atoms with Gasteiger partial charge in [-0.05, 0) is 27.2 Å². The highest BCUT2D eigenvalue weighted by Crippen LogP contribution is 2.22. The summed E-state index contributed by atoms with van der Waals surface area (Å²) in [5.41, 5.74) is -1.80. The van der Waals surface area contributed by atoms with Crippen molar-refractivity contribution < 1.29 is 14.6 Å². The summed E-state index contributed by atoms with van der Waals surface area (Å²) in [6.45, 7) is 5.51. The van der Waals surface area contributed by atoms with Crippen LogP contribution in [0.15, 0.2) is 0 Å². The maximum Gasteiger partial charge on any atom is 0.410 e. The Morgan fingerprint density at radius 1 is 1.57 bits per heavy atom. The molecule has 0 bridgehead atoms. The Bertz CT molecular complexity index is 279. The quantitative estimate of drug-likeness (QED) is 0.576. The molecule has 0 aliphatic carbocycles. The molecule has 0 spiro atoms. The maximum atomic E-state index is 11.3. The van der Waals surface area contributed by atoms with Crippen LogP contribution in [0.5, 0.6) is 0 Å². The number of carbonyl (C=O) groups is 1. The second kappa shape index (κ2) is 3.18. The third-order valence-corrected chi connectivity index (χ3v) is 1.79. The van der Waals surface area contributed by atoms with Crippen molar-refractivity contribution in [3.8, 4) is 5.92 Å². The first-order chi connectivity index (χ1) is 6.26. The van der Waals surface area contributed by atoms with Gasteiger partial charge in [-0.1, -0.05) is 5.92 Å². The van der Waals surface area contributed by atoms with Gasteiger partial charge in [-0.3, -0.25) is 0 Å². The van der Waals surface area contributed by atoms with E-state index >= 15 is 0 Å². The van der Waals surface area contributed by atoms with E-state index in [0.717, 1.165) is 0 Å². The molecule has 1 saturated heterocycles. The molecule has 14 heavy (non-hydrogen) atoms. The minimum absolute atomic E-state index is 0.0887. The van der Waals surface area contributed by atoms with Gasteiger partial charge in [0.2, 0.25) is 0 Å². The molecule has 0 atom stereocenters. The summed E-state index contributed by atoms with van der Waals surface area (Å²) in [6, 6.07) is 0. The molecule has 4 nitrogen and oxygen atoms in total. The van der Waals surface area contributed by atoms with Crippen LogP contribution in [0, 0.1) is 12.3 Å². The fourth-order valence-corrected chi connectivity index (χ4v) is 1.12. The van der Waals surface area contributed by atoms with Gasteiger partial charge in [0.15, 0.2) is 5.60 Å². The van der Waals surface area contributed by atoms with Crippen LogP contribution in [0.4, 0.5) is 4.79 Å². The number of nitrogens with zero attached hydrogens (tertiary/aromatic N) is 1. The zero-order valence-electron chi connectivity index (χ0n) is 8.63. The molecule has 0 aromatic carbocycles. The van der Waals surface area contributed by atoms with E-state index in [2.05, 4.69) is 0 Å². The van der Waals surface area contributed by atoms with Crippen LogP contribution < -0.4 is 0 Å². The minimum atomic E-state index is -1.27. The number of rotatable bonds is 0. The molecule has 0 saturated carbocycles. The predicted octanol–water partition coefficient (Wildman–Crippen LogP) is 0.558. The molecule has 0 aromatic rings. The normalized spacial score (nSPS) is 19.5. The summed E-state index contributed by atoms with van der Waals surface area (Å²) in [7, 11) is 0. The molecule has 77 valence electrons. The molecule has 1 N–H and O–H groups in total. The van der Waals surface area contributed by atoms with E-state index in [4.69, 9.17) is 11.2 Å². The molecular formula is C10H14NO3. The summed E-state index contributed by atoms with van der Waals surface area (Å²) in [4.78, 5) is 12.7. The minimum Gasteiger partial charge on any atom is -0.444 e. The van der Waals surface area contributed by atoms with Crippen LogP contribution >= 0.6 is 0 Å². The molecule has 1 rings (SSSR count). The summed E-state index contributed by atoms with van der Waals surface area (Å²) < 4.78 is 5.07. The monoisotopic (exact) mass is 196 g/mol. The van der Waals surface area contributed by atoms with Crippen molar-refractivity contribution in [2.45, 2.75) is 32.0 Å². The zero-order chi connectivity index (χ0) is 11.0. The first-order valence-corrected chi connectivity index (χ1v) is 4.40. The highest BCUT2D eigenvalue weighted by molar-refractivity contribution is 5.70. The lowest BCUT2D eigenvalue weighted by molar-refractivity contribution is -0.0638. The van der Waals surface area contributed by atoms with Gasteiger partial charge in [0.1, 0.15) is 5.60 Å². The standard InChI is InChI=1S/C10H14NO3/c1-5-10(13)6-11(7-10)8(12)14-9(2,3)4/h13H,6-7H2,2-4H3. The number of amides is 1. The smallest absolute Gasteiger partial charge is 0.410 e. The van der Waals surface area contributed by atoms with Crippen LogP contribution in [0.2, 0.25) is 0 Å². The summed E-state index contributed by atoms with van der Waals surface area (Å²) in [5.74, 6) is 1.98. The van der Waals surface area contributed by atoms with Crippen molar-refractivity contribution in [3.05, 3.63) is 6.42 Å². The van der Waals surface area contributed by atoms with Gasteiger partial charge in [-0.25, -0.2) is 4.79 Å². The van der Waals surface area contributed by atoms with E-state index in [-0.39, 0.29) is 13.1 Å². The number of ether oxygens (including phenoxy) is 1. The molecule has 1 fully saturated rings. The van der Waals surface area contributed by atoms with Gasteiger partial charge in [0, 0.05) is 0 Å². The molecular weight excluding hydrogens is 182 g/mol. The van der Waals surface area contributed by atoms with Gasteiger partial charge in [-0.2, -0.15) is 0 Å². The van der Waals surface area contributed by atoms with Crippen molar-refractivity contribution in [2.24, 2.45) is 0 Å². The maximum absolute atomic E-state index is 11.3. The first kappa shape index (κ1) is 10.9. The average Bonchev–Trinajstić information content (AvgIpc) is 1.95. The SMILES string of the molecule is [C]#CC1(O)CN(C(=O)OC(C)(C)C)C1. The van der Waals surface area contributed by atoms with E-state index < -0.39 is 17.3 Å². The number of likely N-dealkylation sites (tertiary alicyclic amines) is 1. The van der Waals surface area contributed by atoms with E-state index in [1.54, 1.807) is 20.8 Å². The van der Waals surface area contributed by atoms with Crippen LogP contribution in [-0.4, -0.2) is 40.4 Å². The van der Waals surface area contributed by atoms with Crippen molar-refractivity contribution in [1.82, 2.24) is 4.90 Å². The topological polar surface area (TPSA) is 49.8 Å². The Morgan fingerprint density at radius 2 is 2.07 bits per heavy atom. The fourth-order valence-electron chi connectivity index (χ4n) is 1.12. The third kappa shape index (κ3) is 2.39. The predicted molar refractivity (Wildman–Crippen MR) is 49.9 cm³/mol. The lowest BCUT2D eigenvalue weighted by Gasteiger charge is -2.42. The van der Waals surface area contributed by atoms with Gasteiger partial charge in [0.05, 0.1) is 13.1 Å². The molecule has 1 amide bonds. The Kier molecular flexibility index (Phi) is 2.47. The molecule has 0 aromatic heterocycles. The number of β-amino-alcohol motifs (C(OH)–C–C–N with tert-alkyl or cyclic N) is 1. The molecule has 1 aliphatic rings. The molecule has 0 unspecified atom stereocenters. The van der Waals surface area contributed by atoms with E-state index in [1.165, 1.54) is 4.90 Å². The Hall–Kier alpha value is -1.21. The Morgan fingerprint density at radius 3 is 2.43 bits per heavy atom. The van der Waals surface area contributed by atoms with Crippen molar-refractivity contribution in [1.29, 1.82) is 0 Å². The largest absolute Gasteiger partial charge is 0.444 e. The van der Waals surface area contributed by atoms with Crippen molar-refractivity contribution in [2.75, 3.05) is 13.1 Å². The second-order valence-electron chi connectivity index (χ2n) is 4.49. The molecule has 1 radical (unpaired) electrons. The summed E-state index contributed by atoms with van der Waals surface area (Å²) >= 11 is 0. The number of aliphatic hydroxyl groups is 1. The van der Waals surface area contributed by atoms with Gasteiger partial charge >= 0.3 is 6.09 Å². The van der Waals surface area contributed by atoms with Crippen LogP contribution in [0.3, 0.4) is 0 Å². The fraction of sp³-hybridized carbons (Fsp3) is 0.700. The first-order valence-electron chi connectivity index (χ1n) is 4.40. The second-order valence-corrected chi connectivity index (χ2v) is 4.49.